The summed E-state index contributed by atoms with van der Waals surface area (Å²) in [6.07, 6.45) is 7.09. The molecule has 0 amide bonds. The average Bonchev–Trinajstić information content (AvgIpc) is 3.46. The lowest BCUT2D eigenvalue weighted by atomic mass is 10.0. The van der Waals surface area contributed by atoms with Crippen molar-refractivity contribution in [1.29, 1.82) is 0 Å². The quantitative estimate of drug-likeness (QED) is 0.103. The Morgan fingerprint density at radius 3 is 2.17 bits per heavy atom. The summed E-state index contributed by atoms with van der Waals surface area (Å²) in [5.41, 5.74) is 6.67. The maximum atomic E-state index is 6.11. The third kappa shape index (κ3) is 7.31. The number of aromatic nitrogens is 1. The van der Waals surface area contributed by atoms with E-state index in [1.54, 1.807) is 25.6 Å². The van der Waals surface area contributed by atoms with Crippen molar-refractivity contribution in [3.05, 3.63) is 101 Å². The average molecular weight is 580 g/mol. The third-order valence-electron chi connectivity index (χ3n) is 7.23. The Morgan fingerprint density at radius 2 is 1.40 bits per heavy atom. The number of unbranched alkanes of at least 4 members (excludes halogenated alkanes) is 2. The third-order valence-corrected chi connectivity index (χ3v) is 8.31. The van der Waals surface area contributed by atoms with Crippen molar-refractivity contribution in [2.45, 2.75) is 33.1 Å². The molecule has 6 heteroatoms. The fourth-order valence-corrected chi connectivity index (χ4v) is 5.68. The summed E-state index contributed by atoms with van der Waals surface area (Å²) in [6.45, 7) is 5.47. The monoisotopic (exact) mass is 579 g/mol. The molecule has 4 aromatic carbocycles. The number of hydrogen-bond donors (Lipinski definition) is 0. The zero-order valence-electron chi connectivity index (χ0n) is 24.7. The van der Waals surface area contributed by atoms with Crippen LogP contribution >= 0.6 is 11.3 Å². The highest BCUT2D eigenvalue weighted by molar-refractivity contribution is 7.21. The predicted octanol–water partition coefficient (Wildman–Crippen LogP) is 9.40. The van der Waals surface area contributed by atoms with Gasteiger partial charge in [0.2, 0.25) is 0 Å². The smallest absolute Gasteiger partial charge is 0.161 e. The molecule has 0 bridgehead atoms. The molecule has 5 aromatic rings. The second kappa shape index (κ2) is 14.1. The van der Waals surface area contributed by atoms with Crippen LogP contribution in [0, 0.1) is 13.8 Å². The van der Waals surface area contributed by atoms with E-state index in [1.807, 2.05) is 42.5 Å². The minimum absolute atomic E-state index is 0.620. The molecule has 0 unspecified atom stereocenters. The fraction of sp³-hybridized carbons (Fsp3) is 0.250. The minimum Gasteiger partial charge on any atom is -0.496 e. The zero-order valence-corrected chi connectivity index (χ0v) is 25.5. The Balaban J connectivity index is 1.06. The Morgan fingerprint density at radius 1 is 0.690 bits per heavy atom. The number of rotatable bonds is 13. The van der Waals surface area contributed by atoms with Crippen LogP contribution in [-0.2, 0) is 0 Å². The maximum absolute atomic E-state index is 6.11. The summed E-state index contributed by atoms with van der Waals surface area (Å²) in [4.78, 5) is 4.74. The molecule has 1 heterocycles. The van der Waals surface area contributed by atoms with E-state index in [0.29, 0.717) is 13.2 Å². The van der Waals surface area contributed by atoms with E-state index in [4.69, 9.17) is 23.9 Å². The van der Waals surface area contributed by atoms with E-state index in [2.05, 4.69) is 62.4 Å². The van der Waals surface area contributed by atoms with Crippen molar-refractivity contribution in [2.24, 2.45) is 0 Å². The summed E-state index contributed by atoms with van der Waals surface area (Å²) in [5, 5.41) is 1.03. The van der Waals surface area contributed by atoms with Crippen molar-refractivity contribution >= 4 is 33.7 Å². The number of hydrogen-bond acceptors (Lipinski definition) is 6. The van der Waals surface area contributed by atoms with E-state index in [0.717, 1.165) is 75.0 Å². The van der Waals surface area contributed by atoms with Crippen LogP contribution in [0.15, 0.2) is 78.9 Å². The number of thiazole rings is 1. The molecular weight excluding hydrogens is 542 g/mol. The number of fused-ring (bicyclic) bond motifs is 1. The zero-order chi connectivity index (χ0) is 29.3. The van der Waals surface area contributed by atoms with Gasteiger partial charge in [-0.05, 0) is 110 Å². The van der Waals surface area contributed by atoms with Gasteiger partial charge in [0, 0.05) is 5.56 Å². The molecule has 1 aromatic heterocycles. The Labute approximate surface area is 252 Å². The topological polar surface area (TPSA) is 49.8 Å². The molecule has 5 rings (SSSR count). The largest absolute Gasteiger partial charge is 0.496 e. The first-order valence-electron chi connectivity index (χ1n) is 14.3. The number of para-hydroxylation sites is 1. The molecular formula is C36H37NO4S. The Bertz CT molecular complexity index is 1620. The van der Waals surface area contributed by atoms with E-state index >= 15 is 0 Å². The van der Waals surface area contributed by atoms with Crippen molar-refractivity contribution in [1.82, 2.24) is 4.98 Å². The van der Waals surface area contributed by atoms with Crippen molar-refractivity contribution in [3.63, 3.8) is 0 Å². The number of nitrogens with zero attached hydrogens (tertiary/aromatic N) is 1. The standard InChI is InChI=1S/C36H37NO4S/c1-25-22-28(24-33(39-4)26(25)2)13-12-27-14-19-32(38-3)34(23-27)41-21-9-5-8-20-40-30-17-15-29(16-18-30)36-37-31-10-6-7-11-35(31)42-36/h6-7,10-19,22-24H,5,8-9,20-21H2,1-4H3/b13-12-. The van der Waals surface area contributed by atoms with Crippen LogP contribution in [0.1, 0.15) is 41.5 Å². The molecule has 0 atom stereocenters. The van der Waals surface area contributed by atoms with Gasteiger partial charge >= 0.3 is 0 Å². The van der Waals surface area contributed by atoms with Gasteiger partial charge in [-0.1, -0.05) is 36.4 Å². The molecule has 0 saturated carbocycles. The molecule has 216 valence electrons. The highest BCUT2D eigenvalue weighted by Crippen LogP contribution is 2.32. The van der Waals surface area contributed by atoms with Crippen LogP contribution in [-0.4, -0.2) is 32.4 Å². The van der Waals surface area contributed by atoms with E-state index in [1.165, 1.54) is 10.3 Å². The molecule has 0 N–H and O–H groups in total. The van der Waals surface area contributed by atoms with Crippen molar-refractivity contribution < 1.29 is 18.9 Å². The fourth-order valence-electron chi connectivity index (χ4n) is 4.71. The molecule has 0 aliphatic rings. The number of methoxy groups -OCH3 is 2. The Hall–Kier alpha value is -4.29. The minimum atomic E-state index is 0.620. The van der Waals surface area contributed by atoms with E-state index in [9.17, 15) is 0 Å². The van der Waals surface area contributed by atoms with Gasteiger partial charge in [-0.3, -0.25) is 0 Å². The summed E-state index contributed by atoms with van der Waals surface area (Å²) >= 11 is 1.71. The van der Waals surface area contributed by atoms with E-state index in [-0.39, 0.29) is 0 Å². The molecule has 42 heavy (non-hydrogen) atoms. The van der Waals surface area contributed by atoms with Crippen LogP contribution in [0.5, 0.6) is 23.0 Å². The first-order chi connectivity index (χ1) is 20.5. The summed E-state index contributed by atoms with van der Waals surface area (Å²) < 4.78 is 24.3. The van der Waals surface area contributed by atoms with Gasteiger partial charge in [-0.15, -0.1) is 11.3 Å². The lowest BCUT2D eigenvalue weighted by Crippen LogP contribution is -2.02. The van der Waals surface area contributed by atoms with E-state index < -0.39 is 0 Å². The van der Waals surface area contributed by atoms with Crippen molar-refractivity contribution in [2.75, 3.05) is 27.4 Å². The van der Waals surface area contributed by atoms with Crippen LogP contribution in [0.3, 0.4) is 0 Å². The molecule has 5 nitrogen and oxygen atoms in total. The van der Waals surface area contributed by atoms with Crippen LogP contribution in [0.2, 0.25) is 0 Å². The van der Waals surface area contributed by atoms with Gasteiger partial charge in [-0.2, -0.15) is 0 Å². The van der Waals surface area contributed by atoms with Gasteiger partial charge in [0.1, 0.15) is 16.5 Å². The first-order valence-corrected chi connectivity index (χ1v) is 15.1. The number of ether oxygens (including phenoxy) is 4. The molecule has 0 saturated heterocycles. The molecule has 0 spiro atoms. The molecule has 0 fully saturated rings. The van der Waals surface area contributed by atoms with Crippen LogP contribution in [0.4, 0.5) is 0 Å². The second-order valence-corrected chi connectivity index (χ2v) is 11.2. The molecule has 0 aliphatic carbocycles. The summed E-state index contributed by atoms with van der Waals surface area (Å²) in [7, 11) is 3.38. The summed E-state index contributed by atoms with van der Waals surface area (Å²) in [6, 6.07) is 26.7. The van der Waals surface area contributed by atoms with Gasteiger partial charge in [0.15, 0.2) is 11.5 Å². The predicted molar refractivity (Wildman–Crippen MR) is 174 cm³/mol. The molecule has 0 radical (unpaired) electrons. The summed E-state index contributed by atoms with van der Waals surface area (Å²) in [5.74, 6) is 3.27. The van der Waals surface area contributed by atoms with Gasteiger partial charge in [-0.25, -0.2) is 4.98 Å². The number of aryl methyl sites for hydroxylation is 1. The first kappa shape index (κ1) is 29.2. The lowest BCUT2D eigenvalue weighted by Gasteiger charge is -2.12. The van der Waals surface area contributed by atoms with Crippen LogP contribution in [0.25, 0.3) is 32.9 Å². The molecule has 0 aliphatic heterocycles. The second-order valence-electron chi connectivity index (χ2n) is 10.2. The maximum Gasteiger partial charge on any atom is 0.161 e. The lowest BCUT2D eigenvalue weighted by molar-refractivity contribution is 0.270. The highest BCUT2D eigenvalue weighted by Gasteiger charge is 2.08. The SMILES string of the molecule is COc1ccc(/C=C\c2cc(C)c(C)c(OC)c2)cc1OCCCCCOc1ccc(-c2nc3ccccc3s2)cc1. The van der Waals surface area contributed by atoms with Gasteiger partial charge in [0.25, 0.3) is 0 Å². The van der Waals surface area contributed by atoms with Crippen molar-refractivity contribution in [3.8, 4) is 33.6 Å². The normalized spacial score (nSPS) is 11.2. The number of benzene rings is 4. The Kier molecular flexibility index (Phi) is 9.78. The highest BCUT2D eigenvalue weighted by atomic mass is 32.1. The van der Waals surface area contributed by atoms with Gasteiger partial charge < -0.3 is 18.9 Å². The van der Waals surface area contributed by atoms with Gasteiger partial charge in [0.05, 0.1) is 37.6 Å². The van der Waals surface area contributed by atoms with Crippen LogP contribution < -0.4 is 18.9 Å².